The number of hydrogen-bond donors (Lipinski definition) is 3. The Morgan fingerprint density at radius 1 is 1.21 bits per heavy atom. The van der Waals surface area contributed by atoms with Crippen molar-refractivity contribution in [3.05, 3.63) is 35.4 Å². The normalized spacial score (nSPS) is 19.8. The Hall–Kier alpha value is -2.38. The van der Waals surface area contributed by atoms with E-state index in [9.17, 15) is 0 Å². The van der Waals surface area contributed by atoms with Crippen molar-refractivity contribution < 1.29 is 0 Å². The second kappa shape index (κ2) is 8.16. The molecule has 0 bridgehead atoms. The number of rotatable bonds is 5. The van der Waals surface area contributed by atoms with E-state index in [0.717, 1.165) is 41.9 Å². The fraction of sp³-hybridized carbons (Fsp3) is 0.476. The van der Waals surface area contributed by atoms with E-state index < -0.39 is 0 Å². The second-order valence-electron chi connectivity index (χ2n) is 8.22. The summed E-state index contributed by atoms with van der Waals surface area (Å²) in [6.07, 6.45) is 7.21. The van der Waals surface area contributed by atoms with Crippen LogP contribution in [0.3, 0.4) is 0 Å². The first kappa shape index (κ1) is 19.9. The number of nitrogen functional groups attached to an aromatic ring is 1. The minimum absolute atomic E-state index is 0.210. The maximum absolute atomic E-state index is 6.38. The van der Waals surface area contributed by atoms with E-state index in [1.807, 2.05) is 18.5 Å². The molecule has 0 aliphatic heterocycles. The van der Waals surface area contributed by atoms with Gasteiger partial charge in [-0.1, -0.05) is 24.4 Å². The lowest BCUT2D eigenvalue weighted by molar-refractivity contribution is 0.302. The van der Waals surface area contributed by atoms with Gasteiger partial charge in [-0.05, 0) is 50.8 Å². The van der Waals surface area contributed by atoms with E-state index in [-0.39, 0.29) is 12.1 Å². The van der Waals surface area contributed by atoms with Crippen molar-refractivity contribution in [1.82, 2.24) is 19.5 Å². The molecule has 0 amide bonds. The maximum atomic E-state index is 6.38. The molecule has 7 nitrogen and oxygen atoms in total. The van der Waals surface area contributed by atoms with Gasteiger partial charge in [0, 0.05) is 34.9 Å². The van der Waals surface area contributed by atoms with Crippen molar-refractivity contribution >= 4 is 40.0 Å². The molecular formula is C21H28ClN7. The van der Waals surface area contributed by atoms with Crippen LogP contribution in [0.15, 0.2) is 24.5 Å². The van der Waals surface area contributed by atoms with E-state index in [0.29, 0.717) is 22.4 Å². The van der Waals surface area contributed by atoms with Crippen molar-refractivity contribution in [3.8, 4) is 0 Å². The van der Waals surface area contributed by atoms with Gasteiger partial charge in [-0.2, -0.15) is 0 Å². The van der Waals surface area contributed by atoms with Crippen LogP contribution in [0, 0.1) is 5.92 Å². The average molecular weight is 414 g/mol. The Bertz CT molecular complexity index is 993. The highest BCUT2D eigenvalue weighted by Gasteiger charge is 2.24. The number of anilines is 3. The number of nitrogens with one attached hydrogen (secondary N) is 1. The van der Waals surface area contributed by atoms with Crippen LogP contribution < -0.4 is 16.8 Å². The fourth-order valence-electron chi connectivity index (χ4n) is 4.06. The standard InChI is InChI=1S/C21H28ClN7/c1-12(2)29-11-25-19-20(26-16-9-14(22)8-15(23)10-16)27-18(28-21(19)29)7-13-5-3-4-6-17(13)24/h8-13,17H,3-7,23-24H2,1-2H3,(H,26,27,28)/t13-,17+/m1/s1. The molecule has 0 spiro atoms. The van der Waals surface area contributed by atoms with Crippen LogP contribution in [0.1, 0.15) is 51.4 Å². The van der Waals surface area contributed by atoms with E-state index in [1.165, 1.54) is 12.8 Å². The monoisotopic (exact) mass is 413 g/mol. The summed E-state index contributed by atoms with van der Waals surface area (Å²) in [5.41, 5.74) is 15.2. The molecule has 1 saturated carbocycles. The summed E-state index contributed by atoms with van der Waals surface area (Å²) in [6, 6.07) is 5.82. The molecule has 0 saturated heterocycles. The van der Waals surface area contributed by atoms with Gasteiger partial charge >= 0.3 is 0 Å². The molecule has 29 heavy (non-hydrogen) atoms. The Labute approximate surface area is 175 Å². The molecule has 5 N–H and O–H groups in total. The van der Waals surface area contributed by atoms with Crippen LogP contribution in [0.4, 0.5) is 17.2 Å². The number of imidazole rings is 1. The first-order valence-corrected chi connectivity index (χ1v) is 10.6. The summed E-state index contributed by atoms with van der Waals surface area (Å²) in [5, 5.41) is 3.92. The molecule has 2 aromatic heterocycles. The number of halogens is 1. The maximum Gasteiger partial charge on any atom is 0.166 e. The number of nitrogens with two attached hydrogens (primary N) is 2. The summed E-state index contributed by atoms with van der Waals surface area (Å²) in [7, 11) is 0. The van der Waals surface area contributed by atoms with Crippen molar-refractivity contribution in [2.24, 2.45) is 11.7 Å². The zero-order valence-electron chi connectivity index (χ0n) is 16.9. The highest BCUT2D eigenvalue weighted by atomic mass is 35.5. The van der Waals surface area contributed by atoms with Crippen molar-refractivity contribution in [3.63, 3.8) is 0 Å². The number of benzene rings is 1. The minimum Gasteiger partial charge on any atom is -0.399 e. The second-order valence-corrected chi connectivity index (χ2v) is 8.65. The molecule has 2 atom stereocenters. The van der Waals surface area contributed by atoms with Gasteiger partial charge in [0.15, 0.2) is 17.0 Å². The predicted octanol–water partition coefficient (Wildman–Crippen LogP) is 4.45. The smallest absolute Gasteiger partial charge is 0.166 e. The van der Waals surface area contributed by atoms with Gasteiger partial charge < -0.3 is 21.4 Å². The van der Waals surface area contributed by atoms with Gasteiger partial charge in [-0.15, -0.1) is 0 Å². The Kier molecular flexibility index (Phi) is 5.61. The van der Waals surface area contributed by atoms with Gasteiger partial charge in [-0.25, -0.2) is 15.0 Å². The molecular weight excluding hydrogens is 386 g/mol. The molecule has 2 heterocycles. The van der Waals surface area contributed by atoms with E-state index in [2.05, 4.69) is 28.7 Å². The summed E-state index contributed by atoms with van der Waals surface area (Å²) in [5.74, 6) is 1.86. The van der Waals surface area contributed by atoms with Crippen LogP contribution in [0.2, 0.25) is 5.02 Å². The summed E-state index contributed by atoms with van der Waals surface area (Å²) < 4.78 is 2.07. The largest absolute Gasteiger partial charge is 0.399 e. The van der Waals surface area contributed by atoms with E-state index in [1.54, 1.807) is 6.07 Å². The molecule has 0 unspecified atom stereocenters. The van der Waals surface area contributed by atoms with Crippen LogP contribution in [-0.4, -0.2) is 25.6 Å². The summed E-state index contributed by atoms with van der Waals surface area (Å²) in [6.45, 7) is 4.23. The first-order valence-electron chi connectivity index (χ1n) is 10.2. The number of fused-ring (bicyclic) bond motifs is 1. The average Bonchev–Trinajstić information content (AvgIpc) is 3.07. The van der Waals surface area contributed by atoms with Crippen LogP contribution >= 0.6 is 11.6 Å². The lowest BCUT2D eigenvalue weighted by Gasteiger charge is -2.28. The zero-order valence-corrected chi connectivity index (χ0v) is 17.7. The number of hydrogen-bond acceptors (Lipinski definition) is 6. The molecule has 3 aromatic rings. The van der Waals surface area contributed by atoms with Gasteiger partial charge in [0.1, 0.15) is 5.82 Å². The lowest BCUT2D eigenvalue weighted by Crippen LogP contribution is -2.34. The third-order valence-corrected chi connectivity index (χ3v) is 5.84. The summed E-state index contributed by atoms with van der Waals surface area (Å²) >= 11 is 6.17. The highest BCUT2D eigenvalue weighted by Crippen LogP contribution is 2.30. The molecule has 1 aromatic carbocycles. The van der Waals surface area contributed by atoms with Gasteiger partial charge in [0.05, 0.1) is 6.33 Å². The Morgan fingerprint density at radius 2 is 2.00 bits per heavy atom. The molecule has 1 fully saturated rings. The quantitative estimate of drug-likeness (QED) is 0.533. The first-order chi connectivity index (χ1) is 13.9. The third kappa shape index (κ3) is 4.31. The van der Waals surface area contributed by atoms with Gasteiger partial charge in [0.25, 0.3) is 0 Å². The van der Waals surface area contributed by atoms with Crippen molar-refractivity contribution in [1.29, 1.82) is 0 Å². The molecule has 4 rings (SSSR count). The fourth-order valence-corrected chi connectivity index (χ4v) is 4.31. The Morgan fingerprint density at radius 3 is 2.72 bits per heavy atom. The topological polar surface area (TPSA) is 108 Å². The molecule has 1 aliphatic carbocycles. The molecule has 154 valence electrons. The highest BCUT2D eigenvalue weighted by molar-refractivity contribution is 6.31. The van der Waals surface area contributed by atoms with Gasteiger partial charge in [-0.3, -0.25) is 0 Å². The molecule has 0 radical (unpaired) electrons. The summed E-state index contributed by atoms with van der Waals surface area (Å²) in [4.78, 5) is 14.3. The van der Waals surface area contributed by atoms with E-state index >= 15 is 0 Å². The molecule has 8 heteroatoms. The minimum atomic E-state index is 0.210. The number of aromatic nitrogens is 4. The van der Waals surface area contributed by atoms with Crippen LogP contribution in [0.5, 0.6) is 0 Å². The van der Waals surface area contributed by atoms with Crippen LogP contribution in [-0.2, 0) is 6.42 Å². The number of nitrogens with zero attached hydrogens (tertiary/aromatic N) is 4. The third-order valence-electron chi connectivity index (χ3n) is 5.62. The molecule has 1 aliphatic rings. The SMILES string of the molecule is CC(C)n1cnc2c(Nc3cc(N)cc(Cl)c3)nc(C[C@H]3CCCC[C@@H]3N)nc21. The van der Waals surface area contributed by atoms with E-state index in [4.69, 9.17) is 33.0 Å². The zero-order chi connectivity index (χ0) is 20.5. The van der Waals surface area contributed by atoms with Crippen molar-refractivity contribution in [2.75, 3.05) is 11.1 Å². The lowest BCUT2D eigenvalue weighted by atomic mass is 9.83. The Balaban J connectivity index is 1.75. The van der Waals surface area contributed by atoms with Crippen molar-refractivity contribution in [2.45, 2.75) is 58.0 Å². The van der Waals surface area contributed by atoms with Gasteiger partial charge in [0.2, 0.25) is 0 Å². The predicted molar refractivity (Wildman–Crippen MR) is 118 cm³/mol. The van der Waals surface area contributed by atoms with Crippen LogP contribution in [0.25, 0.3) is 11.2 Å².